The van der Waals surface area contributed by atoms with Crippen LogP contribution in [0.4, 0.5) is 0 Å². The van der Waals surface area contributed by atoms with Crippen LogP contribution in [0, 0.1) is 0 Å². The van der Waals surface area contributed by atoms with Crippen LogP contribution < -0.4 is 0 Å². The Morgan fingerprint density at radius 3 is 2.39 bits per heavy atom. The van der Waals surface area contributed by atoms with Crippen LogP contribution in [0.5, 0.6) is 0 Å². The molecule has 1 unspecified atom stereocenters. The number of fused-ring (bicyclic) bond motifs is 1. The largest absolute Gasteiger partial charge is 0.388 e. The molecule has 3 N–H and O–H groups in total. The van der Waals surface area contributed by atoms with Crippen LogP contribution in [0.25, 0.3) is 0 Å². The van der Waals surface area contributed by atoms with E-state index in [1.165, 1.54) is 11.8 Å². The molecule has 0 aromatic carbocycles. The fraction of sp³-hybridized carbons (Fsp3) is 0.909. The fourth-order valence-corrected chi connectivity index (χ4v) is 3.29. The second-order valence-corrected chi connectivity index (χ2v) is 6.54. The first-order valence-electron chi connectivity index (χ1n) is 5.87. The molecule has 0 spiro atoms. The Labute approximate surface area is 111 Å². The van der Waals surface area contributed by atoms with Gasteiger partial charge >= 0.3 is 0 Å². The average Bonchev–Trinajstić information content (AvgIpc) is 2.65. The minimum Gasteiger partial charge on any atom is -0.388 e. The minimum atomic E-state index is -1.22. The molecule has 0 saturated carbocycles. The summed E-state index contributed by atoms with van der Waals surface area (Å²) >= 11 is 1.40. The zero-order chi connectivity index (χ0) is 13.7. The number of aliphatic hydroxyl groups excluding tert-OH is 2. The van der Waals surface area contributed by atoms with Crippen LogP contribution in [0.2, 0.25) is 0 Å². The quantitative estimate of drug-likeness (QED) is 0.583. The fourth-order valence-electron chi connectivity index (χ4n) is 2.15. The lowest BCUT2D eigenvalue weighted by atomic mass is 9.89. The van der Waals surface area contributed by atoms with Gasteiger partial charge in [-0.05, 0) is 13.8 Å². The Hall–Kier alpha value is -0.340. The van der Waals surface area contributed by atoms with Gasteiger partial charge in [-0.15, -0.1) is 0 Å². The highest BCUT2D eigenvalue weighted by Gasteiger charge is 2.52. The summed E-state index contributed by atoms with van der Waals surface area (Å²) in [6.07, 6.45) is -2.99. The van der Waals surface area contributed by atoms with Crippen LogP contribution in [0.3, 0.4) is 0 Å². The molecule has 104 valence electrons. The van der Waals surface area contributed by atoms with Crippen molar-refractivity contribution in [1.82, 2.24) is 4.90 Å². The molecule has 0 aliphatic carbocycles. The smallest absolute Gasteiger partial charge is 0.161 e. The number of hydrogen-bond donors (Lipinski definition) is 3. The Morgan fingerprint density at radius 2 is 1.89 bits per heavy atom. The van der Waals surface area contributed by atoms with Gasteiger partial charge in [0.15, 0.2) is 5.17 Å². The number of aliphatic hydroxyl groups is 3. The van der Waals surface area contributed by atoms with Crippen LogP contribution in [0.15, 0.2) is 4.99 Å². The Morgan fingerprint density at radius 1 is 1.28 bits per heavy atom. The number of thioether (sulfide) groups is 1. The van der Waals surface area contributed by atoms with E-state index < -0.39 is 30.0 Å². The van der Waals surface area contributed by atoms with Crippen molar-refractivity contribution >= 4 is 16.9 Å². The zero-order valence-corrected chi connectivity index (χ0v) is 11.8. The summed E-state index contributed by atoms with van der Waals surface area (Å²) in [5.74, 6) is 0. The SMILES string of the molecule is CN(C)C1=N[C@@H]2C(O)[C@H](O)[C@@H](C(C)(C)O)O[C@@H]2S1. The highest BCUT2D eigenvalue weighted by molar-refractivity contribution is 8.14. The molecule has 0 amide bonds. The van der Waals surface area contributed by atoms with Gasteiger partial charge in [-0.25, -0.2) is 0 Å². The summed E-state index contributed by atoms with van der Waals surface area (Å²) in [4.78, 5) is 6.18. The van der Waals surface area contributed by atoms with Gasteiger partial charge in [0.05, 0.1) is 5.60 Å². The Balaban J connectivity index is 2.19. The number of ether oxygens (including phenoxy) is 1. The van der Waals surface area contributed by atoms with Gasteiger partial charge in [-0.2, -0.15) is 0 Å². The van der Waals surface area contributed by atoms with Crippen molar-refractivity contribution in [2.75, 3.05) is 14.1 Å². The summed E-state index contributed by atoms with van der Waals surface area (Å²) in [6.45, 7) is 3.11. The highest BCUT2D eigenvalue weighted by Crippen LogP contribution is 2.39. The molecule has 2 rings (SSSR count). The molecule has 0 aromatic rings. The molecular formula is C11H20N2O4S. The maximum atomic E-state index is 10.1. The van der Waals surface area contributed by atoms with Gasteiger partial charge in [0.25, 0.3) is 0 Å². The van der Waals surface area contributed by atoms with E-state index in [0.29, 0.717) is 0 Å². The van der Waals surface area contributed by atoms with Crippen molar-refractivity contribution in [3.63, 3.8) is 0 Å². The van der Waals surface area contributed by atoms with Crippen LogP contribution >= 0.6 is 11.8 Å². The summed E-state index contributed by atoms with van der Waals surface area (Å²) in [5.41, 5.74) is -1.58. The normalized spacial score (nSPS) is 40.4. The van der Waals surface area contributed by atoms with Crippen molar-refractivity contribution < 1.29 is 20.1 Å². The van der Waals surface area contributed by atoms with E-state index in [1.807, 2.05) is 19.0 Å². The zero-order valence-electron chi connectivity index (χ0n) is 10.9. The summed E-state index contributed by atoms with van der Waals surface area (Å²) in [7, 11) is 3.72. The van der Waals surface area contributed by atoms with E-state index in [0.717, 1.165) is 5.17 Å². The van der Waals surface area contributed by atoms with E-state index in [2.05, 4.69) is 4.99 Å². The van der Waals surface area contributed by atoms with Crippen molar-refractivity contribution in [2.24, 2.45) is 4.99 Å². The first-order chi connectivity index (χ1) is 8.21. The van der Waals surface area contributed by atoms with E-state index in [9.17, 15) is 15.3 Å². The minimum absolute atomic E-state index is 0.364. The monoisotopic (exact) mass is 276 g/mol. The predicted molar refractivity (Wildman–Crippen MR) is 69.5 cm³/mol. The Bertz CT molecular complexity index is 355. The van der Waals surface area contributed by atoms with Crippen LogP contribution in [-0.4, -0.2) is 74.9 Å². The second-order valence-electron chi connectivity index (χ2n) is 5.47. The van der Waals surface area contributed by atoms with Gasteiger partial charge in [0.1, 0.15) is 29.8 Å². The molecule has 0 bridgehead atoms. The topological polar surface area (TPSA) is 85.5 Å². The van der Waals surface area contributed by atoms with E-state index in [-0.39, 0.29) is 5.44 Å². The average molecular weight is 276 g/mol. The van der Waals surface area contributed by atoms with Crippen LogP contribution in [0.1, 0.15) is 13.8 Å². The molecule has 5 atom stereocenters. The third-order valence-electron chi connectivity index (χ3n) is 3.13. The van der Waals surface area contributed by atoms with Crippen molar-refractivity contribution in [3.8, 4) is 0 Å². The van der Waals surface area contributed by atoms with Crippen molar-refractivity contribution in [1.29, 1.82) is 0 Å². The lowest BCUT2D eigenvalue weighted by Gasteiger charge is -2.43. The lowest BCUT2D eigenvalue weighted by Crippen LogP contribution is -2.61. The van der Waals surface area contributed by atoms with E-state index in [4.69, 9.17) is 4.74 Å². The maximum Gasteiger partial charge on any atom is 0.161 e. The molecule has 1 saturated heterocycles. The number of hydrogen-bond acceptors (Lipinski definition) is 7. The Kier molecular flexibility index (Phi) is 3.63. The molecule has 1 fully saturated rings. The molecule has 18 heavy (non-hydrogen) atoms. The van der Waals surface area contributed by atoms with Gasteiger partial charge < -0.3 is 25.0 Å². The molecular weight excluding hydrogens is 256 g/mol. The standard InChI is InChI=1S/C11H20N2O4S/c1-11(2,16)8-7(15)6(14)5-9(17-8)18-10(12-5)13(3)4/h5-9,14-16H,1-4H3/t5-,6?,7+,8+,9-/m1/s1. The van der Waals surface area contributed by atoms with Gasteiger partial charge in [-0.3, -0.25) is 4.99 Å². The maximum absolute atomic E-state index is 10.1. The number of rotatable bonds is 1. The molecule has 0 aromatic heterocycles. The van der Waals surface area contributed by atoms with Crippen molar-refractivity contribution in [3.05, 3.63) is 0 Å². The third kappa shape index (κ3) is 2.37. The number of aliphatic imine (C=N–C) groups is 1. The van der Waals surface area contributed by atoms with E-state index >= 15 is 0 Å². The number of nitrogens with zero attached hydrogens (tertiary/aromatic N) is 2. The molecule has 2 aliphatic heterocycles. The molecule has 2 aliphatic rings. The third-order valence-corrected chi connectivity index (χ3v) is 4.43. The highest BCUT2D eigenvalue weighted by atomic mass is 32.2. The molecule has 6 nitrogen and oxygen atoms in total. The summed E-state index contributed by atoms with van der Waals surface area (Å²) in [5, 5.41) is 30.8. The first-order valence-corrected chi connectivity index (χ1v) is 6.75. The van der Waals surface area contributed by atoms with Gasteiger partial charge in [0, 0.05) is 14.1 Å². The second kappa shape index (κ2) is 4.64. The van der Waals surface area contributed by atoms with Gasteiger partial charge in [-0.1, -0.05) is 11.8 Å². The van der Waals surface area contributed by atoms with Crippen molar-refractivity contribution in [2.45, 2.75) is 49.2 Å². The molecule has 2 heterocycles. The lowest BCUT2D eigenvalue weighted by molar-refractivity contribution is -0.208. The summed E-state index contributed by atoms with van der Waals surface area (Å²) < 4.78 is 5.70. The van der Waals surface area contributed by atoms with Gasteiger partial charge in [0.2, 0.25) is 0 Å². The molecule has 7 heteroatoms. The first kappa shape index (κ1) is 14.1. The van der Waals surface area contributed by atoms with Crippen LogP contribution in [-0.2, 0) is 4.74 Å². The molecule has 0 radical (unpaired) electrons. The predicted octanol–water partition coefficient (Wildman–Crippen LogP) is -0.763. The van der Waals surface area contributed by atoms with E-state index in [1.54, 1.807) is 13.8 Å². The summed E-state index contributed by atoms with van der Waals surface area (Å²) in [6, 6.07) is -0.485. The number of amidine groups is 1.